The summed E-state index contributed by atoms with van der Waals surface area (Å²) < 4.78 is 15.2. The van der Waals surface area contributed by atoms with Gasteiger partial charge in [0.15, 0.2) is 0 Å². The molecule has 0 aliphatic heterocycles. The van der Waals surface area contributed by atoms with Gasteiger partial charge in [0.25, 0.3) is 0 Å². The van der Waals surface area contributed by atoms with Crippen molar-refractivity contribution in [3.05, 3.63) is 133 Å². The maximum absolute atomic E-state index is 13.6. The van der Waals surface area contributed by atoms with Crippen LogP contribution in [0.15, 0.2) is 126 Å². The van der Waals surface area contributed by atoms with Crippen molar-refractivity contribution >= 4 is 29.4 Å². The number of thioether (sulfide) groups is 1. The Morgan fingerprint density at radius 3 is 2.12 bits per heavy atom. The van der Waals surface area contributed by atoms with Gasteiger partial charge in [-0.1, -0.05) is 78.9 Å². The van der Waals surface area contributed by atoms with Crippen molar-refractivity contribution in [2.45, 2.75) is 11.4 Å². The first-order valence-electron chi connectivity index (χ1n) is 12.8. The lowest BCUT2D eigenvalue weighted by Gasteiger charge is -2.22. The van der Waals surface area contributed by atoms with Crippen LogP contribution in [0, 0.1) is 5.82 Å². The molecule has 40 heavy (non-hydrogen) atoms. The van der Waals surface area contributed by atoms with Gasteiger partial charge < -0.3 is 10.2 Å². The summed E-state index contributed by atoms with van der Waals surface area (Å²) in [6, 6.07) is 36.5. The van der Waals surface area contributed by atoms with Gasteiger partial charge in [-0.05, 0) is 42.0 Å². The molecule has 1 aromatic heterocycles. The smallest absolute Gasteiger partial charge is 0.245 e. The lowest BCUT2D eigenvalue weighted by Crippen LogP contribution is -2.38. The number of anilines is 1. The van der Waals surface area contributed by atoms with E-state index in [1.54, 1.807) is 27.8 Å². The fourth-order valence-corrected chi connectivity index (χ4v) is 4.97. The Hall–Kier alpha value is -4.69. The summed E-state index contributed by atoms with van der Waals surface area (Å²) in [5.41, 5.74) is 3.04. The van der Waals surface area contributed by atoms with E-state index in [2.05, 4.69) is 10.4 Å². The third-order valence-electron chi connectivity index (χ3n) is 6.13. The van der Waals surface area contributed by atoms with Crippen molar-refractivity contribution in [2.75, 3.05) is 17.6 Å². The molecule has 5 rings (SSSR count). The minimum atomic E-state index is -0.367. The Morgan fingerprint density at radius 2 is 1.45 bits per heavy atom. The zero-order valence-corrected chi connectivity index (χ0v) is 22.4. The van der Waals surface area contributed by atoms with Crippen LogP contribution in [0.25, 0.3) is 16.9 Å². The van der Waals surface area contributed by atoms with Crippen molar-refractivity contribution in [3.63, 3.8) is 0 Å². The van der Waals surface area contributed by atoms with Crippen LogP contribution in [0.3, 0.4) is 0 Å². The minimum Gasteiger partial charge on any atom is -0.328 e. The van der Waals surface area contributed by atoms with Crippen molar-refractivity contribution in [2.24, 2.45) is 0 Å². The minimum absolute atomic E-state index is 0.141. The number of aromatic nitrogens is 2. The Labute approximate surface area is 236 Å². The van der Waals surface area contributed by atoms with E-state index in [0.717, 1.165) is 16.0 Å². The highest BCUT2D eigenvalue weighted by atomic mass is 32.2. The van der Waals surface area contributed by atoms with Crippen molar-refractivity contribution in [1.29, 1.82) is 0 Å². The van der Waals surface area contributed by atoms with Crippen molar-refractivity contribution < 1.29 is 14.0 Å². The summed E-state index contributed by atoms with van der Waals surface area (Å²) in [6.45, 7) is 0.160. The predicted molar refractivity (Wildman–Crippen MR) is 157 cm³/mol. The molecule has 6 nitrogen and oxygen atoms in total. The van der Waals surface area contributed by atoms with Gasteiger partial charge in [0.1, 0.15) is 18.2 Å². The van der Waals surface area contributed by atoms with E-state index in [1.807, 2.05) is 91.0 Å². The lowest BCUT2D eigenvalue weighted by atomic mass is 10.1. The second kappa shape index (κ2) is 12.9. The molecule has 0 aliphatic carbocycles. The average Bonchev–Trinajstić information content (AvgIpc) is 3.41. The third kappa shape index (κ3) is 7.03. The number of benzene rings is 4. The monoisotopic (exact) mass is 550 g/mol. The normalized spacial score (nSPS) is 10.7. The summed E-state index contributed by atoms with van der Waals surface area (Å²) in [7, 11) is 0. The van der Waals surface area contributed by atoms with E-state index < -0.39 is 0 Å². The van der Waals surface area contributed by atoms with Gasteiger partial charge in [0.05, 0.1) is 17.1 Å². The zero-order valence-electron chi connectivity index (χ0n) is 21.6. The molecule has 0 aliphatic rings. The number of amides is 2. The summed E-state index contributed by atoms with van der Waals surface area (Å²) in [6.07, 6.45) is 0. The fourth-order valence-electron chi connectivity index (χ4n) is 4.14. The molecule has 5 aromatic rings. The van der Waals surface area contributed by atoms with E-state index >= 15 is 0 Å². The van der Waals surface area contributed by atoms with Gasteiger partial charge in [0.2, 0.25) is 11.8 Å². The SMILES string of the molecule is O=C(CN(Cc1ccccc1)C(=O)CSc1ccccc1)Nc1cc(-c2ccccc2)nn1-c1ccc(F)cc1. The second-order valence-electron chi connectivity index (χ2n) is 9.05. The third-order valence-corrected chi connectivity index (χ3v) is 7.12. The summed E-state index contributed by atoms with van der Waals surface area (Å²) in [5, 5.41) is 7.60. The van der Waals surface area contributed by atoms with Gasteiger partial charge in [-0.3, -0.25) is 9.59 Å². The number of nitrogens with one attached hydrogen (secondary N) is 1. The molecule has 1 heterocycles. The van der Waals surface area contributed by atoms with Crippen LogP contribution in [-0.4, -0.2) is 38.8 Å². The van der Waals surface area contributed by atoms with E-state index in [0.29, 0.717) is 23.7 Å². The Kier molecular flexibility index (Phi) is 8.68. The number of hydrogen-bond acceptors (Lipinski definition) is 4. The van der Waals surface area contributed by atoms with Crippen LogP contribution < -0.4 is 5.32 Å². The molecule has 0 bridgehead atoms. The topological polar surface area (TPSA) is 67.2 Å². The molecule has 200 valence electrons. The largest absolute Gasteiger partial charge is 0.328 e. The molecule has 0 spiro atoms. The molecule has 0 fully saturated rings. The van der Waals surface area contributed by atoms with Crippen molar-refractivity contribution in [1.82, 2.24) is 14.7 Å². The predicted octanol–water partition coefficient (Wildman–Crippen LogP) is 6.44. The van der Waals surface area contributed by atoms with Crippen LogP contribution in [0.1, 0.15) is 5.56 Å². The maximum Gasteiger partial charge on any atom is 0.245 e. The molecule has 0 saturated carbocycles. The van der Waals surface area contributed by atoms with Gasteiger partial charge in [0, 0.05) is 23.1 Å². The number of nitrogens with zero attached hydrogens (tertiary/aromatic N) is 3. The van der Waals surface area contributed by atoms with E-state index in [-0.39, 0.29) is 29.9 Å². The van der Waals surface area contributed by atoms with Gasteiger partial charge in [-0.15, -0.1) is 11.8 Å². The first-order valence-corrected chi connectivity index (χ1v) is 13.7. The second-order valence-corrected chi connectivity index (χ2v) is 10.1. The molecule has 0 unspecified atom stereocenters. The molecule has 4 aromatic carbocycles. The maximum atomic E-state index is 13.6. The number of carbonyl (C=O) groups excluding carboxylic acids is 2. The van der Waals surface area contributed by atoms with Crippen LogP contribution in [0.4, 0.5) is 10.2 Å². The van der Waals surface area contributed by atoms with E-state index in [9.17, 15) is 14.0 Å². The molecular formula is C32H27FN4O2S. The van der Waals surface area contributed by atoms with Gasteiger partial charge in [-0.25, -0.2) is 9.07 Å². The highest BCUT2D eigenvalue weighted by Gasteiger charge is 2.20. The molecule has 1 N–H and O–H groups in total. The Balaban J connectivity index is 1.37. The first kappa shape index (κ1) is 26.9. The number of carbonyl (C=O) groups is 2. The van der Waals surface area contributed by atoms with Crippen LogP contribution >= 0.6 is 11.8 Å². The number of hydrogen-bond donors (Lipinski definition) is 1. The van der Waals surface area contributed by atoms with Gasteiger partial charge >= 0.3 is 0 Å². The van der Waals surface area contributed by atoms with Crippen LogP contribution in [0.5, 0.6) is 0 Å². The highest BCUT2D eigenvalue weighted by molar-refractivity contribution is 8.00. The van der Waals surface area contributed by atoms with E-state index in [4.69, 9.17) is 0 Å². The quantitative estimate of drug-likeness (QED) is 0.203. The zero-order chi connectivity index (χ0) is 27.7. The summed E-state index contributed by atoms with van der Waals surface area (Å²) in [4.78, 5) is 29.2. The molecule has 8 heteroatoms. The standard InChI is InChI=1S/C32H27FN4O2S/c33-26-16-18-27(19-17-26)37-30(20-29(35-37)25-12-6-2-7-13-25)34-31(38)22-36(21-24-10-4-1-5-11-24)32(39)23-40-28-14-8-3-9-15-28/h1-20H,21-23H2,(H,34,38). The lowest BCUT2D eigenvalue weighted by molar-refractivity contribution is -0.133. The number of halogens is 1. The fraction of sp³-hybridized carbons (Fsp3) is 0.0938. The Bertz CT molecular complexity index is 1560. The van der Waals surface area contributed by atoms with Gasteiger partial charge in [-0.2, -0.15) is 5.10 Å². The highest BCUT2D eigenvalue weighted by Crippen LogP contribution is 2.25. The molecule has 0 atom stereocenters. The number of rotatable bonds is 10. The molecule has 0 radical (unpaired) electrons. The molecular weight excluding hydrogens is 523 g/mol. The Morgan fingerprint density at radius 1 is 0.825 bits per heavy atom. The summed E-state index contributed by atoms with van der Waals surface area (Å²) >= 11 is 1.43. The molecule has 2 amide bonds. The average molecular weight is 551 g/mol. The first-order chi connectivity index (χ1) is 19.5. The van der Waals surface area contributed by atoms with E-state index in [1.165, 1.54) is 23.9 Å². The summed E-state index contributed by atoms with van der Waals surface area (Å²) in [5.74, 6) is -0.258. The van der Waals surface area contributed by atoms with Crippen LogP contribution in [0.2, 0.25) is 0 Å². The molecule has 0 saturated heterocycles. The van der Waals surface area contributed by atoms with Crippen LogP contribution in [-0.2, 0) is 16.1 Å². The van der Waals surface area contributed by atoms with Crippen molar-refractivity contribution in [3.8, 4) is 16.9 Å².